The summed E-state index contributed by atoms with van der Waals surface area (Å²) in [5.74, 6) is 1.27. The third-order valence-electron chi connectivity index (χ3n) is 4.29. The third-order valence-corrected chi connectivity index (χ3v) is 4.29. The van der Waals surface area contributed by atoms with Crippen molar-refractivity contribution < 1.29 is 15.1 Å². The van der Waals surface area contributed by atoms with Gasteiger partial charge in [0.2, 0.25) is 0 Å². The van der Waals surface area contributed by atoms with E-state index in [1.807, 2.05) is 27.7 Å². The number of benzene rings is 1. The Kier molecular flexibility index (Phi) is 4.63. The van der Waals surface area contributed by atoms with Crippen molar-refractivity contribution in [1.82, 2.24) is 25.3 Å². The second kappa shape index (κ2) is 6.72. The maximum absolute atomic E-state index is 10.4. The lowest BCUT2D eigenvalue weighted by Gasteiger charge is -2.16. The molecule has 2 aromatic rings. The minimum Gasteiger partial charge on any atom is -0.508 e. The van der Waals surface area contributed by atoms with Gasteiger partial charge in [-0.25, -0.2) is 4.68 Å². The summed E-state index contributed by atoms with van der Waals surface area (Å²) in [6, 6.07) is 3.12. The normalized spacial score (nSPS) is 15.2. The molecule has 25 heavy (non-hydrogen) atoms. The molecule has 2 heterocycles. The van der Waals surface area contributed by atoms with Crippen LogP contribution in [0.25, 0.3) is 11.3 Å². The number of aromatic nitrogens is 4. The lowest BCUT2D eigenvalue weighted by molar-refractivity contribution is -0.0557. The van der Waals surface area contributed by atoms with Gasteiger partial charge in [-0.15, -0.1) is 10.2 Å². The monoisotopic (exact) mass is 345 g/mol. The van der Waals surface area contributed by atoms with E-state index in [1.165, 1.54) is 6.07 Å². The highest BCUT2D eigenvalue weighted by molar-refractivity contribution is 5.89. The Balaban J connectivity index is 2.18. The number of hydrogen-bond acceptors (Lipinski definition) is 7. The molecule has 1 aromatic heterocycles. The van der Waals surface area contributed by atoms with E-state index in [9.17, 15) is 10.2 Å². The highest BCUT2D eigenvalue weighted by atomic mass is 16.7. The number of aryl methyl sites for hydroxylation is 1. The summed E-state index contributed by atoms with van der Waals surface area (Å²) in [7, 11) is 0. The maximum atomic E-state index is 10.4. The summed E-state index contributed by atoms with van der Waals surface area (Å²) in [6.07, 6.45) is 0. The lowest BCUT2D eigenvalue weighted by atomic mass is 9.97. The fourth-order valence-corrected chi connectivity index (χ4v) is 2.90. The number of hydrogen-bond donors (Lipinski definition) is 2. The summed E-state index contributed by atoms with van der Waals surface area (Å²) < 4.78 is 1.69. The smallest absolute Gasteiger partial charge is 0.183 e. The van der Waals surface area contributed by atoms with Crippen LogP contribution in [-0.2, 0) is 11.4 Å². The average molecular weight is 345 g/mol. The molecule has 1 aromatic carbocycles. The molecule has 1 aliphatic rings. The van der Waals surface area contributed by atoms with E-state index in [1.54, 1.807) is 15.8 Å². The number of tetrazole rings is 1. The molecule has 0 amide bonds. The summed E-state index contributed by atoms with van der Waals surface area (Å²) >= 11 is 0. The van der Waals surface area contributed by atoms with Gasteiger partial charge in [0, 0.05) is 19.2 Å². The minimum absolute atomic E-state index is 0.0390. The molecule has 0 bridgehead atoms. The van der Waals surface area contributed by atoms with Crippen LogP contribution in [0.1, 0.15) is 50.6 Å². The lowest BCUT2D eigenvalue weighted by Crippen LogP contribution is -2.19. The van der Waals surface area contributed by atoms with Crippen LogP contribution in [0, 0.1) is 0 Å². The molecule has 2 N–H and O–H groups in total. The number of phenols is 2. The van der Waals surface area contributed by atoms with E-state index in [0.717, 1.165) is 11.1 Å². The van der Waals surface area contributed by atoms with Crippen LogP contribution in [0.5, 0.6) is 11.5 Å². The first kappa shape index (κ1) is 17.2. The molecular weight excluding hydrogens is 322 g/mol. The van der Waals surface area contributed by atoms with Gasteiger partial charge in [0.1, 0.15) is 11.5 Å². The Hall–Kier alpha value is -2.61. The fraction of sp³-hybridized carbons (Fsp3) is 0.471. The zero-order valence-corrected chi connectivity index (χ0v) is 14.9. The van der Waals surface area contributed by atoms with Crippen molar-refractivity contribution in [2.45, 2.75) is 40.2 Å². The number of rotatable bonds is 5. The second-order valence-electron chi connectivity index (χ2n) is 6.26. The van der Waals surface area contributed by atoms with Gasteiger partial charge in [-0.2, -0.15) is 0 Å². The molecule has 8 nitrogen and oxygen atoms in total. The van der Waals surface area contributed by atoms with Gasteiger partial charge in [-0.1, -0.05) is 13.8 Å². The molecule has 0 fully saturated rings. The minimum atomic E-state index is -0.0390. The molecule has 0 aliphatic carbocycles. The molecule has 0 saturated carbocycles. The number of hydroxylamine groups is 2. The Labute approximate surface area is 146 Å². The third kappa shape index (κ3) is 3.05. The zero-order chi connectivity index (χ0) is 18.1. The van der Waals surface area contributed by atoms with Gasteiger partial charge in [0.25, 0.3) is 0 Å². The van der Waals surface area contributed by atoms with Crippen molar-refractivity contribution in [3.8, 4) is 11.5 Å². The van der Waals surface area contributed by atoms with E-state index in [2.05, 4.69) is 15.5 Å². The van der Waals surface area contributed by atoms with Gasteiger partial charge < -0.3 is 15.1 Å². The van der Waals surface area contributed by atoms with Crippen molar-refractivity contribution in [3.63, 3.8) is 0 Å². The van der Waals surface area contributed by atoms with Crippen molar-refractivity contribution >= 4 is 11.3 Å². The molecule has 134 valence electrons. The molecular formula is C17H23N5O3. The summed E-state index contributed by atoms with van der Waals surface area (Å²) in [6.45, 7) is 9.74. The quantitative estimate of drug-likeness (QED) is 0.858. The van der Waals surface area contributed by atoms with Crippen molar-refractivity contribution in [1.29, 1.82) is 0 Å². The van der Waals surface area contributed by atoms with E-state index in [-0.39, 0.29) is 17.4 Å². The molecule has 0 saturated heterocycles. The summed E-state index contributed by atoms with van der Waals surface area (Å²) in [5, 5.41) is 34.1. The standard InChI is InChI=1S/C17H23N5O3/c1-5-21-9-13(17-18-19-20-22(17)6-2)16(25-21)12-7-11(10(3)4)14(23)8-15(12)24/h7-8,10,23-24H,5-6,9H2,1-4H3. The second-order valence-corrected chi connectivity index (χ2v) is 6.26. The number of likely N-dealkylation sites (N-methyl/N-ethyl adjacent to an activating group) is 1. The van der Waals surface area contributed by atoms with Crippen molar-refractivity contribution in [2.24, 2.45) is 0 Å². The van der Waals surface area contributed by atoms with Gasteiger partial charge in [0.05, 0.1) is 17.7 Å². The number of aromatic hydroxyl groups is 2. The maximum Gasteiger partial charge on any atom is 0.183 e. The predicted octanol–water partition coefficient (Wildman–Crippen LogP) is 2.36. The van der Waals surface area contributed by atoms with Crippen LogP contribution < -0.4 is 0 Å². The van der Waals surface area contributed by atoms with Crippen molar-refractivity contribution in [3.05, 3.63) is 29.1 Å². The molecule has 3 rings (SSSR count). The molecule has 0 unspecified atom stereocenters. The van der Waals surface area contributed by atoms with Crippen LogP contribution >= 0.6 is 0 Å². The Morgan fingerprint density at radius 1 is 1.16 bits per heavy atom. The van der Waals surface area contributed by atoms with Gasteiger partial charge in [-0.05, 0) is 41.8 Å². The van der Waals surface area contributed by atoms with Crippen LogP contribution in [0.4, 0.5) is 0 Å². The average Bonchev–Trinajstić information content (AvgIpc) is 3.20. The molecule has 8 heteroatoms. The SMILES string of the molecule is CCN1CC(c2nnnn2CC)=C(c2cc(C(C)C)c(O)cc2O)O1. The molecule has 0 atom stereocenters. The molecule has 0 radical (unpaired) electrons. The number of nitrogens with zero attached hydrogens (tertiary/aromatic N) is 5. The molecule has 0 spiro atoms. The Bertz CT molecular complexity index is 813. The van der Waals surface area contributed by atoms with E-state index < -0.39 is 0 Å². The molecule has 1 aliphatic heterocycles. The van der Waals surface area contributed by atoms with Crippen molar-refractivity contribution in [2.75, 3.05) is 13.1 Å². The number of phenolic OH excluding ortho intramolecular Hbond substituents is 2. The first-order chi connectivity index (χ1) is 12.0. The fourth-order valence-electron chi connectivity index (χ4n) is 2.90. The van der Waals surface area contributed by atoms with E-state index in [4.69, 9.17) is 4.84 Å². The van der Waals surface area contributed by atoms with Gasteiger partial charge >= 0.3 is 0 Å². The zero-order valence-electron chi connectivity index (χ0n) is 14.9. The van der Waals surface area contributed by atoms with Crippen LogP contribution in [0.2, 0.25) is 0 Å². The highest BCUT2D eigenvalue weighted by Gasteiger charge is 2.31. The van der Waals surface area contributed by atoms with Crippen LogP contribution in [0.15, 0.2) is 12.1 Å². The van der Waals surface area contributed by atoms with Gasteiger partial charge in [-0.3, -0.25) is 0 Å². The first-order valence-corrected chi connectivity index (χ1v) is 8.45. The predicted molar refractivity (Wildman–Crippen MR) is 92.5 cm³/mol. The largest absolute Gasteiger partial charge is 0.508 e. The van der Waals surface area contributed by atoms with Crippen LogP contribution in [-0.4, -0.2) is 48.6 Å². The van der Waals surface area contributed by atoms with E-state index >= 15 is 0 Å². The van der Waals surface area contributed by atoms with Crippen LogP contribution in [0.3, 0.4) is 0 Å². The van der Waals surface area contributed by atoms with E-state index in [0.29, 0.717) is 36.8 Å². The summed E-state index contributed by atoms with van der Waals surface area (Å²) in [4.78, 5) is 5.95. The summed E-state index contributed by atoms with van der Waals surface area (Å²) in [5.41, 5.74) is 2.08. The highest BCUT2D eigenvalue weighted by Crippen LogP contribution is 2.41. The van der Waals surface area contributed by atoms with Gasteiger partial charge in [0.15, 0.2) is 11.6 Å². The Morgan fingerprint density at radius 3 is 2.56 bits per heavy atom. The first-order valence-electron chi connectivity index (χ1n) is 8.45. The topological polar surface area (TPSA) is 96.5 Å². The Morgan fingerprint density at radius 2 is 1.92 bits per heavy atom.